The number of aliphatic carboxylic acids is 1. The molecule has 4 atom stereocenters. The molecule has 2 aliphatic heterocycles. The highest BCUT2D eigenvalue weighted by Crippen LogP contribution is 2.54. The maximum atomic E-state index is 12.4. The molecule has 1 amide bonds. The Balaban J connectivity index is 2.11. The van der Waals surface area contributed by atoms with Crippen LogP contribution in [0.2, 0.25) is 0 Å². The van der Waals surface area contributed by atoms with Gasteiger partial charge in [0.15, 0.2) is 10.5 Å². The number of ether oxygens (including phenoxy) is 1. The number of carboxylic acids is 1. The minimum Gasteiger partial charge on any atom is -0.477 e. The number of carboxylic acid groups (broad SMARTS) is 1. The monoisotopic (exact) mass is 433 g/mol. The lowest BCUT2D eigenvalue weighted by molar-refractivity contribution is -0.164. The standard InChI is InChI=1S/C13H14Cl3NO5S2/c1-3-23-13-6(11(19)20)17-9(18)5(10(17)24-13)4(2)12(21)22-8(16)7(14)15/h4-5,7-8,10H,3H2,1-2H3,(H,19,20)/t4?,5?,8?,10-/m1/s1. The lowest BCUT2D eigenvalue weighted by atomic mass is 9.85. The number of rotatable bonds is 7. The van der Waals surface area contributed by atoms with Crippen LogP contribution in [0.15, 0.2) is 9.93 Å². The maximum Gasteiger partial charge on any atom is 0.354 e. The molecule has 0 aromatic carbocycles. The predicted octanol–water partition coefficient (Wildman–Crippen LogP) is 3.07. The topological polar surface area (TPSA) is 83.9 Å². The van der Waals surface area contributed by atoms with E-state index < -0.39 is 45.5 Å². The number of carbonyl (C=O) groups is 3. The van der Waals surface area contributed by atoms with Gasteiger partial charge < -0.3 is 9.84 Å². The second-order valence-electron chi connectivity index (χ2n) is 5.03. The molecule has 1 saturated heterocycles. The number of esters is 1. The van der Waals surface area contributed by atoms with Gasteiger partial charge >= 0.3 is 11.9 Å². The molecule has 1 N–H and O–H groups in total. The number of alkyl halides is 3. The number of β-lactam (4-membered cyclic amide) rings is 1. The van der Waals surface area contributed by atoms with Crippen molar-refractivity contribution in [2.45, 2.75) is 29.6 Å². The molecular weight excluding hydrogens is 421 g/mol. The van der Waals surface area contributed by atoms with Crippen LogP contribution in [-0.4, -0.2) is 49.4 Å². The molecule has 11 heteroatoms. The average molecular weight is 435 g/mol. The van der Waals surface area contributed by atoms with E-state index in [2.05, 4.69) is 0 Å². The van der Waals surface area contributed by atoms with E-state index >= 15 is 0 Å². The molecule has 0 bridgehead atoms. The van der Waals surface area contributed by atoms with Crippen molar-refractivity contribution >= 4 is 76.2 Å². The third-order valence-electron chi connectivity index (χ3n) is 3.56. The number of nitrogens with zero attached hydrogens (tertiary/aromatic N) is 1. The Kier molecular flexibility index (Phi) is 6.64. The lowest BCUT2D eigenvalue weighted by Gasteiger charge is -2.44. The van der Waals surface area contributed by atoms with Crippen molar-refractivity contribution in [3.05, 3.63) is 9.93 Å². The SMILES string of the molecule is CCSC1=C(C(=O)O)N2C(=O)C(C(C)C(=O)OC(Cl)C(Cl)Cl)[C@H]2S1. The quantitative estimate of drug-likeness (QED) is 0.374. The summed E-state index contributed by atoms with van der Waals surface area (Å²) in [4.78, 5) is 36.1. The summed E-state index contributed by atoms with van der Waals surface area (Å²) in [5.74, 6) is -3.07. The second kappa shape index (κ2) is 7.95. The highest BCUT2D eigenvalue weighted by Gasteiger charge is 2.59. The van der Waals surface area contributed by atoms with Crippen molar-refractivity contribution in [3.63, 3.8) is 0 Å². The van der Waals surface area contributed by atoms with E-state index in [1.807, 2.05) is 6.92 Å². The Morgan fingerprint density at radius 1 is 1.42 bits per heavy atom. The molecule has 0 aliphatic carbocycles. The van der Waals surface area contributed by atoms with E-state index in [1.54, 1.807) is 0 Å². The number of hydrogen-bond acceptors (Lipinski definition) is 6. The number of amides is 1. The van der Waals surface area contributed by atoms with Crippen LogP contribution in [0.1, 0.15) is 13.8 Å². The largest absolute Gasteiger partial charge is 0.477 e. The molecule has 0 saturated carbocycles. The highest BCUT2D eigenvalue weighted by atomic mass is 35.5. The number of thioether (sulfide) groups is 2. The Hall–Kier alpha value is -0.280. The Labute approximate surface area is 162 Å². The van der Waals surface area contributed by atoms with Crippen LogP contribution in [-0.2, 0) is 19.1 Å². The fraction of sp³-hybridized carbons (Fsp3) is 0.615. The molecule has 1 fully saturated rings. The van der Waals surface area contributed by atoms with Gasteiger partial charge in [0, 0.05) is 0 Å². The zero-order chi connectivity index (χ0) is 18.2. The first-order valence-corrected chi connectivity index (χ1v) is 10.1. The summed E-state index contributed by atoms with van der Waals surface area (Å²) in [7, 11) is 0. The number of halogens is 3. The van der Waals surface area contributed by atoms with E-state index in [4.69, 9.17) is 39.5 Å². The van der Waals surface area contributed by atoms with E-state index in [-0.39, 0.29) is 5.70 Å². The van der Waals surface area contributed by atoms with Crippen molar-refractivity contribution in [1.82, 2.24) is 4.90 Å². The summed E-state index contributed by atoms with van der Waals surface area (Å²) in [5.41, 5.74) is -1.24. The first-order valence-electron chi connectivity index (χ1n) is 6.93. The molecule has 0 spiro atoms. The summed E-state index contributed by atoms with van der Waals surface area (Å²) in [6, 6.07) is 0. The molecule has 3 unspecified atom stereocenters. The van der Waals surface area contributed by atoms with Crippen molar-refractivity contribution in [2.24, 2.45) is 11.8 Å². The van der Waals surface area contributed by atoms with Crippen molar-refractivity contribution in [2.75, 3.05) is 5.75 Å². The number of carbonyl (C=O) groups excluding carboxylic acids is 2. The van der Waals surface area contributed by atoms with Crippen LogP contribution in [0.25, 0.3) is 0 Å². The molecule has 0 aromatic heterocycles. The molecule has 134 valence electrons. The summed E-state index contributed by atoms with van der Waals surface area (Å²) >= 11 is 19.4. The van der Waals surface area contributed by atoms with Gasteiger partial charge in [-0.1, -0.05) is 60.4 Å². The normalized spacial score (nSPS) is 25.4. The van der Waals surface area contributed by atoms with Crippen LogP contribution >= 0.6 is 58.3 Å². The molecule has 24 heavy (non-hydrogen) atoms. The summed E-state index contributed by atoms with van der Waals surface area (Å²) < 4.78 is 5.50. The maximum absolute atomic E-state index is 12.4. The Bertz CT molecular complexity index is 600. The lowest BCUT2D eigenvalue weighted by Crippen LogP contribution is -2.60. The van der Waals surface area contributed by atoms with E-state index in [1.165, 1.54) is 35.3 Å². The smallest absolute Gasteiger partial charge is 0.354 e. The van der Waals surface area contributed by atoms with E-state index in [0.717, 1.165) is 0 Å². The van der Waals surface area contributed by atoms with Crippen molar-refractivity contribution in [3.8, 4) is 0 Å². The first kappa shape index (κ1) is 20.0. The Morgan fingerprint density at radius 2 is 2.04 bits per heavy atom. The Morgan fingerprint density at radius 3 is 2.54 bits per heavy atom. The van der Waals surface area contributed by atoms with Gasteiger partial charge in [-0.05, 0) is 5.75 Å². The highest BCUT2D eigenvalue weighted by molar-refractivity contribution is 8.22. The van der Waals surface area contributed by atoms with E-state index in [9.17, 15) is 19.5 Å². The molecule has 2 aliphatic rings. The van der Waals surface area contributed by atoms with Gasteiger partial charge in [0.25, 0.3) is 0 Å². The summed E-state index contributed by atoms with van der Waals surface area (Å²) in [5, 5.41) is 8.91. The van der Waals surface area contributed by atoms with Gasteiger partial charge in [-0.3, -0.25) is 14.5 Å². The minimum atomic E-state index is -1.22. The molecule has 2 rings (SSSR count). The molecule has 2 heterocycles. The second-order valence-corrected chi connectivity index (χ2v) is 9.28. The van der Waals surface area contributed by atoms with Gasteiger partial charge in [-0.25, -0.2) is 4.79 Å². The summed E-state index contributed by atoms with van der Waals surface area (Å²) in [6.45, 7) is 3.43. The van der Waals surface area contributed by atoms with E-state index in [0.29, 0.717) is 9.99 Å². The zero-order valence-corrected chi connectivity index (χ0v) is 16.5. The molecule has 0 aromatic rings. The van der Waals surface area contributed by atoms with Gasteiger partial charge in [-0.2, -0.15) is 0 Å². The zero-order valence-electron chi connectivity index (χ0n) is 12.6. The average Bonchev–Trinajstić information content (AvgIpc) is 2.82. The third-order valence-corrected chi connectivity index (χ3v) is 7.16. The fourth-order valence-corrected chi connectivity index (χ4v) is 5.44. The third kappa shape index (κ3) is 3.62. The number of fused-ring (bicyclic) bond motifs is 1. The van der Waals surface area contributed by atoms with Crippen LogP contribution in [0.4, 0.5) is 0 Å². The van der Waals surface area contributed by atoms with Crippen LogP contribution < -0.4 is 0 Å². The van der Waals surface area contributed by atoms with Gasteiger partial charge in [0.1, 0.15) is 5.37 Å². The van der Waals surface area contributed by atoms with Gasteiger partial charge in [0.2, 0.25) is 11.5 Å². The molecule has 0 radical (unpaired) electrons. The first-order chi connectivity index (χ1) is 11.2. The van der Waals surface area contributed by atoms with Crippen molar-refractivity contribution in [1.29, 1.82) is 0 Å². The van der Waals surface area contributed by atoms with Crippen LogP contribution in [0.3, 0.4) is 0 Å². The number of hydrogen-bond donors (Lipinski definition) is 1. The molecule has 6 nitrogen and oxygen atoms in total. The fourth-order valence-electron chi connectivity index (χ4n) is 2.41. The van der Waals surface area contributed by atoms with Gasteiger partial charge in [0.05, 0.1) is 16.1 Å². The van der Waals surface area contributed by atoms with Crippen molar-refractivity contribution < 1.29 is 24.2 Å². The predicted molar refractivity (Wildman–Crippen MR) is 94.9 cm³/mol. The molecular formula is C13H14Cl3NO5S2. The van der Waals surface area contributed by atoms with Crippen LogP contribution in [0, 0.1) is 11.8 Å². The van der Waals surface area contributed by atoms with Gasteiger partial charge in [-0.15, -0.1) is 11.8 Å². The van der Waals surface area contributed by atoms with Crippen LogP contribution in [0.5, 0.6) is 0 Å². The minimum absolute atomic E-state index is 0.0181. The summed E-state index contributed by atoms with van der Waals surface area (Å²) in [6.07, 6.45) is 0.